The van der Waals surface area contributed by atoms with E-state index in [-0.39, 0.29) is 6.61 Å². The zero-order valence-corrected chi connectivity index (χ0v) is 17.9. The molecule has 29 heavy (non-hydrogen) atoms. The fourth-order valence-corrected chi connectivity index (χ4v) is 3.50. The van der Waals surface area contributed by atoms with Crippen LogP contribution in [0.3, 0.4) is 0 Å². The van der Waals surface area contributed by atoms with Gasteiger partial charge < -0.3 is 19.5 Å². The van der Waals surface area contributed by atoms with E-state index in [9.17, 15) is 5.11 Å². The summed E-state index contributed by atoms with van der Waals surface area (Å²) in [7, 11) is 3.65. The van der Waals surface area contributed by atoms with Gasteiger partial charge in [0, 0.05) is 50.5 Å². The van der Waals surface area contributed by atoms with Crippen LogP contribution in [0.25, 0.3) is 0 Å². The summed E-state index contributed by atoms with van der Waals surface area (Å²) in [5.74, 6) is 1.94. The molecule has 1 aromatic carbocycles. The molecule has 0 amide bonds. The van der Waals surface area contributed by atoms with Crippen LogP contribution in [0, 0.1) is 0 Å². The third-order valence-electron chi connectivity index (χ3n) is 5.56. The van der Waals surface area contributed by atoms with E-state index < -0.39 is 6.10 Å². The molecule has 0 aliphatic carbocycles. The van der Waals surface area contributed by atoms with Gasteiger partial charge in [-0.2, -0.15) is 0 Å². The molecule has 0 saturated carbocycles. The van der Waals surface area contributed by atoms with E-state index in [0.717, 1.165) is 19.6 Å². The zero-order chi connectivity index (χ0) is 20.8. The van der Waals surface area contributed by atoms with Crippen LogP contribution in [-0.2, 0) is 6.54 Å². The summed E-state index contributed by atoms with van der Waals surface area (Å²) in [6, 6.07) is 10.6. The van der Waals surface area contributed by atoms with Crippen LogP contribution < -0.4 is 9.47 Å². The van der Waals surface area contributed by atoms with Crippen LogP contribution in [0.15, 0.2) is 42.7 Å². The highest BCUT2D eigenvalue weighted by atomic mass is 16.5. The largest absolute Gasteiger partial charge is 0.493 e. The lowest BCUT2D eigenvalue weighted by molar-refractivity contribution is 0.0668. The maximum absolute atomic E-state index is 10.2. The maximum Gasteiger partial charge on any atom is 0.161 e. The van der Waals surface area contributed by atoms with Gasteiger partial charge in [0.05, 0.1) is 7.11 Å². The van der Waals surface area contributed by atoms with E-state index in [0.29, 0.717) is 30.0 Å². The second kappa shape index (κ2) is 10.1. The van der Waals surface area contributed by atoms with Gasteiger partial charge in [-0.05, 0) is 50.2 Å². The third-order valence-corrected chi connectivity index (χ3v) is 5.56. The minimum absolute atomic E-state index is 0.242. The SMILES string of the molecule is COc1cc(CN2CC(c3cccnc3)C2)ccc1OCC(O)CN(C)C(C)C. The number of likely N-dealkylation sites (N-methyl/N-ethyl adjacent to an activating group) is 1. The number of methoxy groups -OCH3 is 1. The molecule has 2 aromatic rings. The van der Waals surface area contributed by atoms with Gasteiger partial charge in [-0.1, -0.05) is 12.1 Å². The molecule has 1 aliphatic rings. The first-order valence-corrected chi connectivity index (χ1v) is 10.3. The molecule has 1 unspecified atom stereocenters. The molecule has 1 fully saturated rings. The molecule has 3 rings (SSSR count). The van der Waals surface area contributed by atoms with Crippen molar-refractivity contribution in [3.8, 4) is 11.5 Å². The van der Waals surface area contributed by atoms with Gasteiger partial charge in [-0.25, -0.2) is 0 Å². The van der Waals surface area contributed by atoms with Crippen molar-refractivity contribution in [1.29, 1.82) is 0 Å². The fraction of sp³-hybridized carbons (Fsp3) is 0.522. The molecule has 1 aliphatic heterocycles. The summed E-state index contributed by atoms with van der Waals surface area (Å²) in [6.07, 6.45) is 3.24. The highest BCUT2D eigenvalue weighted by Gasteiger charge is 2.28. The Hall–Kier alpha value is -2.15. The number of nitrogens with zero attached hydrogens (tertiary/aromatic N) is 3. The zero-order valence-electron chi connectivity index (χ0n) is 17.9. The van der Waals surface area contributed by atoms with Gasteiger partial charge in [-0.15, -0.1) is 0 Å². The topological polar surface area (TPSA) is 58.1 Å². The monoisotopic (exact) mass is 399 g/mol. The smallest absolute Gasteiger partial charge is 0.161 e. The number of rotatable bonds is 10. The molecule has 158 valence electrons. The number of pyridine rings is 1. The lowest BCUT2D eigenvalue weighted by atomic mass is 9.92. The van der Waals surface area contributed by atoms with E-state index in [1.54, 1.807) is 7.11 Å². The molecule has 0 bridgehead atoms. The highest BCUT2D eigenvalue weighted by molar-refractivity contribution is 5.43. The van der Waals surface area contributed by atoms with Crippen LogP contribution >= 0.6 is 0 Å². The molecule has 1 N–H and O–H groups in total. The van der Waals surface area contributed by atoms with Crippen LogP contribution in [0.5, 0.6) is 11.5 Å². The second-order valence-electron chi connectivity index (χ2n) is 8.16. The summed E-state index contributed by atoms with van der Waals surface area (Å²) in [4.78, 5) is 8.73. The molecule has 6 heteroatoms. The average molecular weight is 400 g/mol. The first kappa shape index (κ1) is 21.6. The number of aromatic nitrogens is 1. The first-order chi connectivity index (χ1) is 14.0. The molecule has 1 aromatic heterocycles. The van der Waals surface area contributed by atoms with E-state index >= 15 is 0 Å². The van der Waals surface area contributed by atoms with Crippen molar-refractivity contribution in [2.45, 2.75) is 38.5 Å². The highest BCUT2D eigenvalue weighted by Crippen LogP contribution is 2.31. The lowest BCUT2D eigenvalue weighted by Gasteiger charge is -2.39. The summed E-state index contributed by atoms with van der Waals surface area (Å²) < 4.78 is 11.3. The number of aliphatic hydroxyl groups is 1. The Morgan fingerprint density at radius 2 is 2.03 bits per heavy atom. The molecule has 1 atom stereocenters. The van der Waals surface area contributed by atoms with Crippen molar-refractivity contribution in [2.24, 2.45) is 0 Å². The predicted molar refractivity (Wildman–Crippen MR) is 115 cm³/mol. The standard InChI is InChI=1S/C23H33N3O3/c1-17(2)25(3)15-21(27)16-29-22-8-7-18(10-23(22)28-4)12-26-13-20(14-26)19-6-5-9-24-11-19/h5-11,17,20-21,27H,12-16H2,1-4H3. The van der Waals surface area contributed by atoms with Gasteiger partial charge in [0.25, 0.3) is 0 Å². The number of ether oxygens (including phenoxy) is 2. The molecule has 2 heterocycles. The molecule has 6 nitrogen and oxygen atoms in total. The number of hydrogen-bond donors (Lipinski definition) is 1. The number of aliphatic hydroxyl groups excluding tert-OH is 1. The Bertz CT molecular complexity index is 763. The van der Waals surface area contributed by atoms with Crippen LogP contribution in [0.4, 0.5) is 0 Å². The van der Waals surface area contributed by atoms with Crippen molar-refractivity contribution in [1.82, 2.24) is 14.8 Å². The lowest BCUT2D eigenvalue weighted by Crippen LogP contribution is -2.44. The van der Waals surface area contributed by atoms with Crippen molar-refractivity contribution >= 4 is 0 Å². The number of hydrogen-bond acceptors (Lipinski definition) is 6. The Morgan fingerprint density at radius 1 is 1.24 bits per heavy atom. The number of likely N-dealkylation sites (tertiary alicyclic amines) is 1. The van der Waals surface area contributed by atoms with Crippen LogP contribution in [-0.4, -0.2) is 72.4 Å². The van der Waals surface area contributed by atoms with Crippen molar-refractivity contribution in [2.75, 3.05) is 40.4 Å². The van der Waals surface area contributed by atoms with Gasteiger partial charge in [0.1, 0.15) is 12.7 Å². The quantitative estimate of drug-likeness (QED) is 0.663. The van der Waals surface area contributed by atoms with E-state index in [1.807, 2.05) is 37.6 Å². The minimum atomic E-state index is -0.544. The average Bonchev–Trinajstić information content (AvgIpc) is 2.69. The van der Waals surface area contributed by atoms with Crippen LogP contribution in [0.1, 0.15) is 30.9 Å². The Balaban J connectivity index is 1.50. The molecule has 0 radical (unpaired) electrons. The van der Waals surface area contributed by atoms with Crippen molar-refractivity contribution in [3.63, 3.8) is 0 Å². The summed E-state index contributed by atoms with van der Waals surface area (Å²) in [5.41, 5.74) is 2.51. The second-order valence-corrected chi connectivity index (χ2v) is 8.16. The van der Waals surface area contributed by atoms with E-state index in [2.05, 4.69) is 40.8 Å². The summed E-state index contributed by atoms with van der Waals surface area (Å²) in [5, 5.41) is 10.2. The van der Waals surface area contributed by atoms with Crippen molar-refractivity contribution < 1.29 is 14.6 Å². The summed E-state index contributed by atoms with van der Waals surface area (Å²) >= 11 is 0. The van der Waals surface area contributed by atoms with E-state index in [4.69, 9.17) is 9.47 Å². The van der Waals surface area contributed by atoms with Gasteiger partial charge in [0.2, 0.25) is 0 Å². The van der Waals surface area contributed by atoms with Gasteiger partial charge >= 0.3 is 0 Å². The van der Waals surface area contributed by atoms with E-state index in [1.165, 1.54) is 11.1 Å². The summed E-state index contributed by atoms with van der Waals surface area (Å²) in [6.45, 7) is 7.99. The maximum atomic E-state index is 10.2. The molecular formula is C23H33N3O3. The van der Waals surface area contributed by atoms with Gasteiger partial charge in [0.15, 0.2) is 11.5 Å². The number of benzene rings is 1. The Kier molecular flexibility index (Phi) is 7.47. The van der Waals surface area contributed by atoms with Crippen molar-refractivity contribution in [3.05, 3.63) is 53.9 Å². The molecule has 0 spiro atoms. The normalized spacial score (nSPS) is 16.1. The Labute approximate surface area is 174 Å². The fourth-order valence-electron chi connectivity index (χ4n) is 3.50. The molecule has 1 saturated heterocycles. The minimum Gasteiger partial charge on any atom is -0.493 e. The van der Waals surface area contributed by atoms with Gasteiger partial charge in [-0.3, -0.25) is 9.88 Å². The first-order valence-electron chi connectivity index (χ1n) is 10.3. The Morgan fingerprint density at radius 3 is 2.69 bits per heavy atom. The molecular weight excluding hydrogens is 366 g/mol. The van der Waals surface area contributed by atoms with Crippen LogP contribution in [0.2, 0.25) is 0 Å². The predicted octanol–water partition coefficient (Wildman–Crippen LogP) is 2.77. The third kappa shape index (κ3) is 5.92.